The molecule has 0 aliphatic carbocycles. The zero-order valence-electron chi connectivity index (χ0n) is 21.7. The van der Waals surface area contributed by atoms with Crippen LogP contribution in [0, 0.1) is 12.7 Å². The van der Waals surface area contributed by atoms with Gasteiger partial charge in [0.2, 0.25) is 0 Å². The summed E-state index contributed by atoms with van der Waals surface area (Å²) >= 11 is 1.33. The Kier molecular flexibility index (Phi) is 6.63. The first-order valence-corrected chi connectivity index (χ1v) is 13.9. The third-order valence-electron chi connectivity index (χ3n) is 8.23. The van der Waals surface area contributed by atoms with Crippen LogP contribution in [0.2, 0.25) is 0 Å². The monoisotopic (exact) mass is 502 g/mol. The molecule has 188 valence electrons. The summed E-state index contributed by atoms with van der Waals surface area (Å²) in [5, 5.41) is 3.16. The molecule has 2 aliphatic rings. The van der Waals surface area contributed by atoms with Gasteiger partial charge in [0.25, 0.3) is 5.24 Å². The molecule has 3 aromatic carbocycles. The lowest BCUT2D eigenvalue weighted by Crippen LogP contribution is -2.47. The predicted molar refractivity (Wildman–Crippen MR) is 150 cm³/mol. The van der Waals surface area contributed by atoms with Gasteiger partial charge in [-0.05, 0) is 72.7 Å². The van der Waals surface area contributed by atoms with E-state index in [1.54, 1.807) is 12.1 Å². The van der Waals surface area contributed by atoms with Crippen molar-refractivity contribution in [3.05, 3.63) is 94.3 Å². The average Bonchev–Trinajstić information content (AvgIpc) is 2.87. The Bertz CT molecular complexity index is 1190. The maximum atomic E-state index is 13.8. The number of anilines is 2. The zero-order valence-corrected chi connectivity index (χ0v) is 22.5. The van der Waals surface area contributed by atoms with Crippen molar-refractivity contribution in [2.75, 3.05) is 29.1 Å². The minimum absolute atomic E-state index is 0.0204. The smallest absolute Gasteiger partial charge is 0.283 e. The fourth-order valence-corrected chi connectivity index (χ4v) is 6.48. The van der Waals surface area contributed by atoms with Crippen LogP contribution in [0.1, 0.15) is 67.9 Å². The highest BCUT2D eigenvalue weighted by atomic mass is 32.2. The molecule has 3 aromatic rings. The van der Waals surface area contributed by atoms with Crippen molar-refractivity contribution in [3.63, 3.8) is 0 Å². The van der Waals surface area contributed by atoms with Crippen molar-refractivity contribution in [3.8, 4) is 0 Å². The Morgan fingerprint density at radius 1 is 0.944 bits per heavy atom. The largest absolute Gasteiger partial charge is 0.371 e. The van der Waals surface area contributed by atoms with Crippen LogP contribution >= 0.6 is 11.8 Å². The summed E-state index contributed by atoms with van der Waals surface area (Å²) in [6.07, 6.45) is 2.91. The van der Waals surface area contributed by atoms with Gasteiger partial charge in [-0.1, -0.05) is 74.5 Å². The SMILES string of the molecule is CCCSC(=O)Nc1cc2c3c(c1)[C@](C)(c1ccc(F)cc1)CCN3CC[C@@]2(C)c1ccc(C)cc1. The topological polar surface area (TPSA) is 32.3 Å². The number of carbonyl (C=O) groups excluding carboxylic acids is 1. The van der Waals surface area contributed by atoms with E-state index in [-0.39, 0.29) is 21.9 Å². The normalized spacial score (nSPS) is 22.8. The minimum Gasteiger partial charge on any atom is -0.371 e. The molecule has 0 unspecified atom stereocenters. The number of hydrogen-bond acceptors (Lipinski definition) is 3. The molecule has 5 heteroatoms. The molecule has 2 aliphatic heterocycles. The van der Waals surface area contributed by atoms with Crippen LogP contribution in [0.15, 0.2) is 60.7 Å². The highest BCUT2D eigenvalue weighted by molar-refractivity contribution is 8.13. The second-order valence-corrected chi connectivity index (χ2v) is 11.8. The van der Waals surface area contributed by atoms with Crippen molar-refractivity contribution in [1.82, 2.24) is 0 Å². The van der Waals surface area contributed by atoms with E-state index >= 15 is 0 Å². The van der Waals surface area contributed by atoms with Gasteiger partial charge in [-0.2, -0.15) is 0 Å². The number of nitrogens with one attached hydrogen (secondary N) is 1. The molecule has 2 atom stereocenters. The Morgan fingerprint density at radius 3 is 2.00 bits per heavy atom. The number of carbonyl (C=O) groups is 1. The van der Waals surface area contributed by atoms with Gasteiger partial charge in [-0.25, -0.2) is 4.39 Å². The minimum atomic E-state index is -0.281. The highest BCUT2D eigenvalue weighted by Crippen LogP contribution is 2.54. The van der Waals surface area contributed by atoms with Crippen molar-refractivity contribution in [1.29, 1.82) is 0 Å². The summed E-state index contributed by atoms with van der Waals surface area (Å²) in [5.74, 6) is 0.578. The standard InChI is InChI=1S/C31H35FN2OS/c1-5-18-36-29(35)33-25-19-26-28-27(20-25)31(4,23-10-12-24(32)13-11-23)15-17-34(28)16-14-30(26,3)22-8-6-21(2)7-9-22/h6-13,19-20H,5,14-18H2,1-4H3,(H,33,35)/t30-,31-/m0/s1. The van der Waals surface area contributed by atoms with Gasteiger partial charge in [-0.15, -0.1) is 0 Å². The number of rotatable bonds is 5. The van der Waals surface area contributed by atoms with Gasteiger partial charge in [0.15, 0.2) is 0 Å². The van der Waals surface area contributed by atoms with Crippen molar-refractivity contribution >= 4 is 28.4 Å². The summed E-state index contributed by atoms with van der Waals surface area (Å²) < 4.78 is 13.8. The van der Waals surface area contributed by atoms with Gasteiger partial charge in [0.05, 0.1) is 0 Å². The summed E-state index contributed by atoms with van der Waals surface area (Å²) in [6, 6.07) is 20.2. The van der Waals surface area contributed by atoms with Gasteiger partial charge < -0.3 is 10.2 Å². The highest BCUT2D eigenvalue weighted by Gasteiger charge is 2.45. The molecule has 0 radical (unpaired) electrons. The van der Waals surface area contributed by atoms with Crippen molar-refractivity contribution in [2.24, 2.45) is 0 Å². The zero-order chi connectivity index (χ0) is 25.5. The van der Waals surface area contributed by atoms with Crippen LogP contribution in [0.4, 0.5) is 20.6 Å². The average molecular weight is 503 g/mol. The lowest BCUT2D eigenvalue weighted by Gasteiger charge is -2.50. The van der Waals surface area contributed by atoms with E-state index in [0.717, 1.165) is 49.4 Å². The van der Waals surface area contributed by atoms with Crippen molar-refractivity contribution < 1.29 is 9.18 Å². The first-order valence-electron chi connectivity index (χ1n) is 13.0. The molecule has 2 heterocycles. The van der Waals surface area contributed by atoms with Gasteiger partial charge in [0.1, 0.15) is 5.82 Å². The fraction of sp³-hybridized carbons (Fsp3) is 0.387. The van der Waals surface area contributed by atoms with Crippen LogP contribution in [0.3, 0.4) is 0 Å². The van der Waals surface area contributed by atoms with Crippen LogP contribution in [0.25, 0.3) is 0 Å². The summed E-state index contributed by atoms with van der Waals surface area (Å²) in [6.45, 7) is 10.8. The molecule has 0 spiro atoms. The van der Waals surface area contributed by atoms with Crippen molar-refractivity contribution in [2.45, 2.75) is 57.8 Å². The molecule has 1 N–H and O–H groups in total. The molecule has 0 bridgehead atoms. The second kappa shape index (κ2) is 9.59. The second-order valence-electron chi connectivity index (χ2n) is 10.7. The molecule has 36 heavy (non-hydrogen) atoms. The molecular formula is C31H35FN2OS. The number of thioether (sulfide) groups is 1. The first kappa shape index (κ1) is 24.9. The van der Waals surface area contributed by atoms with E-state index in [1.807, 2.05) is 12.1 Å². The van der Waals surface area contributed by atoms with E-state index in [0.29, 0.717) is 0 Å². The van der Waals surface area contributed by atoms with E-state index in [4.69, 9.17) is 0 Å². The fourth-order valence-electron chi connectivity index (χ4n) is 5.90. The molecule has 5 rings (SSSR count). The molecule has 0 aromatic heterocycles. The summed E-state index contributed by atoms with van der Waals surface area (Å²) in [5.41, 5.74) is 7.80. The van der Waals surface area contributed by atoms with E-state index in [9.17, 15) is 9.18 Å². The van der Waals surface area contributed by atoms with Crippen LogP contribution in [-0.2, 0) is 10.8 Å². The predicted octanol–water partition coefficient (Wildman–Crippen LogP) is 8.04. The maximum Gasteiger partial charge on any atom is 0.283 e. The number of amides is 1. The number of benzene rings is 3. The van der Waals surface area contributed by atoms with Crippen LogP contribution in [0.5, 0.6) is 0 Å². The molecule has 0 saturated heterocycles. The summed E-state index contributed by atoms with van der Waals surface area (Å²) in [4.78, 5) is 15.3. The van der Waals surface area contributed by atoms with Gasteiger partial charge >= 0.3 is 0 Å². The Morgan fingerprint density at radius 2 is 1.47 bits per heavy atom. The number of nitrogens with zero attached hydrogens (tertiary/aromatic N) is 1. The van der Waals surface area contributed by atoms with Crippen LogP contribution < -0.4 is 10.2 Å². The quantitative estimate of drug-likeness (QED) is 0.383. The van der Waals surface area contributed by atoms with Crippen LogP contribution in [-0.4, -0.2) is 24.1 Å². The molecule has 1 amide bonds. The third-order valence-corrected chi connectivity index (χ3v) is 9.21. The first-order chi connectivity index (χ1) is 17.2. The van der Waals surface area contributed by atoms with E-state index in [1.165, 1.54) is 39.7 Å². The maximum absolute atomic E-state index is 13.8. The van der Waals surface area contributed by atoms with E-state index in [2.05, 4.69) is 74.3 Å². The number of aryl methyl sites for hydroxylation is 1. The Balaban J connectivity index is 1.70. The Labute approximate surface area is 218 Å². The Hall–Kier alpha value is -2.79. The van der Waals surface area contributed by atoms with E-state index < -0.39 is 0 Å². The molecular weight excluding hydrogens is 467 g/mol. The third kappa shape index (κ3) is 4.32. The summed E-state index contributed by atoms with van der Waals surface area (Å²) in [7, 11) is 0. The molecule has 0 saturated carbocycles. The van der Waals surface area contributed by atoms with Gasteiger partial charge in [0, 0.05) is 41.0 Å². The lowest BCUT2D eigenvalue weighted by atomic mass is 9.64. The molecule has 0 fully saturated rings. The number of hydrogen-bond donors (Lipinski definition) is 1. The van der Waals surface area contributed by atoms with Gasteiger partial charge in [-0.3, -0.25) is 4.79 Å². The number of halogens is 1. The molecule has 3 nitrogen and oxygen atoms in total. The lowest BCUT2D eigenvalue weighted by molar-refractivity contribution is 0.269.